The van der Waals surface area contributed by atoms with Crippen molar-refractivity contribution in [3.8, 4) is 0 Å². The Bertz CT molecular complexity index is 753. The van der Waals surface area contributed by atoms with E-state index in [1.165, 1.54) is 0 Å². The fraction of sp³-hybridized carbons (Fsp3) is 0.412. The Morgan fingerprint density at radius 3 is 2.78 bits per heavy atom. The van der Waals surface area contributed by atoms with Gasteiger partial charge in [0.2, 0.25) is 11.8 Å². The van der Waals surface area contributed by atoms with Crippen molar-refractivity contribution in [2.45, 2.75) is 32.0 Å². The molecule has 1 saturated heterocycles. The number of aryl methyl sites for hydroxylation is 1. The van der Waals surface area contributed by atoms with Crippen molar-refractivity contribution in [3.05, 3.63) is 36.0 Å². The molecule has 1 aliphatic rings. The summed E-state index contributed by atoms with van der Waals surface area (Å²) < 4.78 is 7.26. The topological polar surface area (TPSA) is 77.6 Å². The van der Waals surface area contributed by atoms with E-state index in [2.05, 4.69) is 6.07 Å². The number of hydrogen-bond acceptors (Lipinski definition) is 3. The second kappa shape index (κ2) is 6.04. The predicted molar refractivity (Wildman–Crippen MR) is 86.8 cm³/mol. The molecule has 122 valence electrons. The number of primary amides is 1. The largest absolute Gasteiger partial charge is 0.380 e. The summed E-state index contributed by atoms with van der Waals surface area (Å²) in [4.78, 5) is 25.9. The van der Waals surface area contributed by atoms with Gasteiger partial charge in [0.15, 0.2) is 0 Å². The zero-order chi connectivity index (χ0) is 16.6. The highest BCUT2D eigenvalue weighted by molar-refractivity contribution is 5.89. The number of hydrogen-bond donors (Lipinski definition) is 1. The minimum absolute atomic E-state index is 0.113. The molecule has 2 atom stereocenters. The average Bonchev–Trinajstić information content (AvgIpc) is 3.09. The summed E-state index contributed by atoms with van der Waals surface area (Å²) in [7, 11) is 1.58. The molecule has 2 aromatic rings. The molecule has 1 fully saturated rings. The zero-order valence-electron chi connectivity index (χ0n) is 13.4. The highest BCUT2D eigenvalue weighted by atomic mass is 16.5. The second-order valence-electron chi connectivity index (χ2n) is 5.99. The number of ether oxygens (including phenoxy) is 1. The molecule has 1 aromatic carbocycles. The van der Waals surface area contributed by atoms with Crippen molar-refractivity contribution in [2.75, 3.05) is 13.7 Å². The number of nitrogens with two attached hydrogens (primary N) is 1. The van der Waals surface area contributed by atoms with Crippen molar-refractivity contribution in [2.24, 2.45) is 5.73 Å². The molecule has 6 nitrogen and oxygen atoms in total. The van der Waals surface area contributed by atoms with Crippen molar-refractivity contribution in [3.63, 3.8) is 0 Å². The predicted octanol–water partition coefficient (Wildman–Crippen LogP) is 1.05. The van der Waals surface area contributed by atoms with Gasteiger partial charge in [0.1, 0.15) is 12.6 Å². The fourth-order valence-electron chi connectivity index (χ4n) is 3.30. The Morgan fingerprint density at radius 2 is 2.09 bits per heavy atom. The lowest BCUT2D eigenvalue weighted by Crippen LogP contribution is -2.45. The fourth-order valence-corrected chi connectivity index (χ4v) is 3.30. The van der Waals surface area contributed by atoms with E-state index in [0.717, 1.165) is 16.6 Å². The number of carbonyl (C=O) groups excluding carboxylic acids is 2. The molecule has 3 rings (SSSR count). The van der Waals surface area contributed by atoms with E-state index >= 15 is 0 Å². The Balaban J connectivity index is 1.85. The number of rotatable bonds is 4. The maximum Gasteiger partial charge on any atom is 0.243 e. The third kappa shape index (κ3) is 2.82. The molecule has 1 aromatic heterocycles. The number of nitrogens with zero attached hydrogens (tertiary/aromatic N) is 2. The van der Waals surface area contributed by atoms with Crippen LogP contribution in [0.3, 0.4) is 0 Å². The van der Waals surface area contributed by atoms with Crippen LogP contribution in [0.25, 0.3) is 10.9 Å². The molecule has 0 radical (unpaired) electrons. The lowest BCUT2D eigenvalue weighted by Gasteiger charge is -2.23. The van der Waals surface area contributed by atoms with Crippen LogP contribution in [0.1, 0.15) is 12.1 Å². The molecular weight excluding hydrogens is 294 g/mol. The van der Waals surface area contributed by atoms with Gasteiger partial charge in [-0.15, -0.1) is 0 Å². The van der Waals surface area contributed by atoms with E-state index in [-0.39, 0.29) is 18.6 Å². The number of methoxy groups -OCH3 is 1. The summed E-state index contributed by atoms with van der Waals surface area (Å²) in [5, 5.41) is 1.10. The monoisotopic (exact) mass is 315 g/mol. The first-order valence-electron chi connectivity index (χ1n) is 7.67. The van der Waals surface area contributed by atoms with Crippen molar-refractivity contribution in [1.29, 1.82) is 0 Å². The van der Waals surface area contributed by atoms with Crippen LogP contribution in [0.5, 0.6) is 0 Å². The molecule has 2 N–H and O–H groups in total. The van der Waals surface area contributed by atoms with Gasteiger partial charge in [-0.25, -0.2) is 0 Å². The van der Waals surface area contributed by atoms with Crippen LogP contribution in [0.15, 0.2) is 30.3 Å². The summed E-state index contributed by atoms with van der Waals surface area (Å²) in [6, 6.07) is 9.40. The minimum atomic E-state index is -0.588. The van der Waals surface area contributed by atoms with Gasteiger partial charge in [-0.05, 0) is 24.4 Å². The first-order chi connectivity index (χ1) is 11.0. The van der Waals surface area contributed by atoms with Gasteiger partial charge in [-0.1, -0.05) is 18.2 Å². The summed E-state index contributed by atoms with van der Waals surface area (Å²) in [6.07, 6.45) is 0.321. The van der Waals surface area contributed by atoms with Gasteiger partial charge in [0.05, 0.1) is 6.10 Å². The molecular formula is C17H21N3O3. The van der Waals surface area contributed by atoms with Crippen molar-refractivity contribution in [1.82, 2.24) is 9.47 Å². The summed E-state index contributed by atoms with van der Waals surface area (Å²) >= 11 is 0. The normalized spacial score (nSPS) is 21.0. The van der Waals surface area contributed by atoms with E-state index in [9.17, 15) is 9.59 Å². The van der Waals surface area contributed by atoms with Gasteiger partial charge in [-0.3, -0.25) is 9.59 Å². The number of para-hydroxylation sites is 1. The second-order valence-corrected chi connectivity index (χ2v) is 5.99. The van der Waals surface area contributed by atoms with E-state index in [0.29, 0.717) is 13.0 Å². The van der Waals surface area contributed by atoms with E-state index in [1.54, 1.807) is 12.0 Å². The van der Waals surface area contributed by atoms with E-state index in [1.807, 2.05) is 35.8 Å². The molecule has 6 heteroatoms. The van der Waals surface area contributed by atoms with Gasteiger partial charge >= 0.3 is 0 Å². The average molecular weight is 315 g/mol. The maximum absolute atomic E-state index is 12.7. The summed E-state index contributed by atoms with van der Waals surface area (Å²) in [5.74, 6) is -0.593. The Hall–Kier alpha value is -2.34. The number of fused-ring (bicyclic) bond motifs is 1. The van der Waals surface area contributed by atoms with E-state index in [4.69, 9.17) is 10.5 Å². The third-order valence-electron chi connectivity index (χ3n) is 4.56. The molecule has 0 unspecified atom stereocenters. The lowest BCUT2D eigenvalue weighted by molar-refractivity contribution is -0.137. The summed E-state index contributed by atoms with van der Waals surface area (Å²) in [5.41, 5.74) is 7.46. The lowest BCUT2D eigenvalue weighted by atomic mass is 10.2. The minimum Gasteiger partial charge on any atom is -0.380 e. The van der Waals surface area contributed by atoms with Crippen LogP contribution >= 0.6 is 0 Å². The van der Waals surface area contributed by atoms with Gasteiger partial charge in [-0.2, -0.15) is 0 Å². The SMILES string of the molecule is CO[C@H]1C[C@@H](C(N)=O)N(C(=O)Cn2c(C)cc3ccccc32)C1. The Kier molecular flexibility index (Phi) is 4.09. The molecule has 0 bridgehead atoms. The molecule has 0 saturated carbocycles. The van der Waals surface area contributed by atoms with Crippen LogP contribution in [0.2, 0.25) is 0 Å². The van der Waals surface area contributed by atoms with Crippen LogP contribution < -0.4 is 5.73 Å². The van der Waals surface area contributed by atoms with Gasteiger partial charge < -0.3 is 19.9 Å². The highest BCUT2D eigenvalue weighted by Gasteiger charge is 2.38. The molecule has 1 aliphatic heterocycles. The van der Waals surface area contributed by atoms with Gasteiger partial charge in [0, 0.05) is 31.3 Å². The zero-order valence-corrected chi connectivity index (χ0v) is 13.4. The number of benzene rings is 1. The summed E-state index contributed by atoms with van der Waals surface area (Å²) in [6.45, 7) is 2.57. The quantitative estimate of drug-likeness (QED) is 0.916. The van der Waals surface area contributed by atoms with Crippen LogP contribution in [-0.2, 0) is 20.9 Å². The van der Waals surface area contributed by atoms with Crippen LogP contribution in [-0.4, -0.2) is 47.1 Å². The van der Waals surface area contributed by atoms with Crippen molar-refractivity contribution < 1.29 is 14.3 Å². The molecule has 2 heterocycles. The maximum atomic E-state index is 12.7. The molecule has 0 aliphatic carbocycles. The number of amides is 2. The third-order valence-corrected chi connectivity index (χ3v) is 4.56. The van der Waals surface area contributed by atoms with Crippen LogP contribution in [0, 0.1) is 6.92 Å². The van der Waals surface area contributed by atoms with Gasteiger partial charge in [0.25, 0.3) is 0 Å². The number of likely N-dealkylation sites (tertiary alicyclic amines) is 1. The first kappa shape index (κ1) is 15.6. The van der Waals surface area contributed by atoms with E-state index < -0.39 is 11.9 Å². The highest BCUT2D eigenvalue weighted by Crippen LogP contribution is 2.23. The van der Waals surface area contributed by atoms with Crippen molar-refractivity contribution >= 4 is 22.7 Å². The Labute approximate surface area is 134 Å². The molecule has 2 amide bonds. The standard InChI is InChI=1S/C17H21N3O3/c1-11-7-12-5-3-4-6-14(12)19(11)10-16(21)20-9-13(23-2)8-15(20)17(18)22/h3-7,13,15H,8-10H2,1-2H3,(H2,18,22)/t13-,15-/m0/s1. The smallest absolute Gasteiger partial charge is 0.243 e. The molecule has 0 spiro atoms. The first-order valence-corrected chi connectivity index (χ1v) is 7.67. The van der Waals surface area contributed by atoms with Crippen LogP contribution in [0.4, 0.5) is 0 Å². The number of carbonyl (C=O) groups is 2. The Morgan fingerprint density at radius 1 is 1.35 bits per heavy atom. The number of aromatic nitrogens is 1. The molecule has 23 heavy (non-hydrogen) atoms.